The number of hydrogen-bond donors (Lipinski definition) is 2. The molecule has 1 aliphatic heterocycles. The number of amides is 4. The molecule has 7 heteroatoms. The average molecular weight is 392 g/mol. The number of nitrogens with one attached hydrogen (secondary N) is 2. The summed E-state index contributed by atoms with van der Waals surface area (Å²) in [6, 6.07) is 4.71. The maximum absolute atomic E-state index is 13.1. The van der Waals surface area contributed by atoms with Gasteiger partial charge in [0, 0.05) is 10.7 Å². The lowest BCUT2D eigenvalue weighted by Crippen LogP contribution is -2.54. The van der Waals surface area contributed by atoms with Crippen molar-refractivity contribution in [2.45, 2.75) is 52.5 Å². The van der Waals surface area contributed by atoms with Crippen molar-refractivity contribution < 1.29 is 14.4 Å². The van der Waals surface area contributed by atoms with Gasteiger partial charge in [-0.2, -0.15) is 0 Å². The molecule has 2 unspecified atom stereocenters. The van der Waals surface area contributed by atoms with E-state index in [4.69, 9.17) is 11.6 Å². The van der Waals surface area contributed by atoms with Crippen LogP contribution in [0, 0.1) is 18.3 Å². The summed E-state index contributed by atoms with van der Waals surface area (Å²) in [5.41, 5.74) is 0.368. The normalized spacial score (nSPS) is 27.0. The summed E-state index contributed by atoms with van der Waals surface area (Å²) in [6.07, 6.45) is 2.19. The third-order valence-corrected chi connectivity index (χ3v) is 5.88. The molecule has 2 atom stereocenters. The molecule has 1 saturated carbocycles. The number of carbonyl (C=O) groups is 3. The molecular weight excluding hydrogens is 366 g/mol. The molecule has 6 nitrogen and oxygen atoms in total. The van der Waals surface area contributed by atoms with Gasteiger partial charge in [-0.3, -0.25) is 14.5 Å². The molecule has 4 amide bonds. The van der Waals surface area contributed by atoms with Gasteiger partial charge in [-0.15, -0.1) is 0 Å². The van der Waals surface area contributed by atoms with Crippen molar-refractivity contribution in [1.82, 2.24) is 10.2 Å². The highest BCUT2D eigenvalue weighted by Gasteiger charge is 2.56. The molecular formula is C20H26ClN3O3. The van der Waals surface area contributed by atoms with E-state index in [0.29, 0.717) is 29.5 Å². The van der Waals surface area contributed by atoms with Crippen molar-refractivity contribution in [3.05, 3.63) is 28.8 Å². The van der Waals surface area contributed by atoms with Crippen LogP contribution >= 0.6 is 11.6 Å². The van der Waals surface area contributed by atoms with Gasteiger partial charge in [-0.05, 0) is 55.2 Å². The van der Waals surface area contributed by atoms with Crippen LogP contribution in [0.3, 0.4) is 0 Å². The average Bonchev–Trinajstić information content (AvgIpc) is 2.73. The van der Waals surface area contributed by atoms with E-state index in [1.807, 2.05) is 0 Å². The minimum absolute atomic E-state index is 0.0449. The van der Waals surface area contributed by atoms with Gasteiger partial charge in [-0.25, -0.2) is 4.79 Å². The van der Waals surface area contributed by atoms with Crippen LogP contribution in [0.1, 0.15) is 45.6 Å². The van der Waals surface area contributed by atoms with E-state index in [2.05, 4.69) is 31.4 Å². The van der Waals surface area contributed by atoms with E-state index in [0.717, 1.165) is 16.9 Å². The fraction of sp³-hybridized carbons (Fsp3) is 0.550. The Bertz CT molecular complexity index is 808. The Kier molecular flexibility index (Phi) is 4.97. The molecule has 1 saturated heterocycles. The Morgan fingerprint density at radius 3 is 2.70 bits per heavy atom. The zero-order chi connectivity index (χ0) is 20.0. The minimum Gasteiger partial charge on any atom is -0.324 e. The first-order valence-corrected chi connectivity index (χ1v) is 9.60. The number of carbonyl (C=O) groups excluding carboxylic acids is 3. The summed E-state index contributed by atoms with van der Waals surface area (Å²) < 4.78 is 0. The lowest BCUT2D eigenvalue weighted by atomic mass is 9.64. The van der Waals surface area contributed by atoms with Crippen LogP contribution in [0.2, 0.25) is 5.02 Å². The van der Waals surface area contributed by atoms with Gasteiger partial charge < -0.3 is 10.6 Å². The molecule has 1 aromatic carbocycles. The Morgan fingerprint density at radius 1 is 1.33 bits per heavy atom. The molecule has 2 aliphatic rings. The Balaban J connectivity index is 1.74. The van der Waals surface area contributed by atoms with E-state index in [-0.39, 0.29) is 17.9 Å². The molecule has 27 heavy (non-hydrogen) atoms. The first-order valence-electron chi connectivity index (χ1n) is 9.22. The Hall–Kier alpha value is -2.08. The number of hydrogen-bond acceptors (Lipinski definition) is 3. The molecule has 1 spiro atoms. The quantitative estimate of drug-likeness (QED) is 0.770. The summed E-state index contributed by atoms with van der Waals surface area (Å²) >= 11 is 6.07. The molecule has 1 aromatic rings. The SMILES string of the molecule is Cc1c(Cl)cccc1NC(=O)CN1C(=O)NC2(CC(C)CC(C)(C)C2)C1=O. The van der Waals surface area contributed by atoms with Crippen LogP contribution in [-0.2, 0) is 9.59 Å². The van der Waals surface area contributed by atoms with Gasteiger partial charge in [-0.1, -0.05) is 38.4 Å². The van der Waals surface area contributed by atoms with E-state index < -0.39 is 17.5 Å². The fourth-order valence-electron chi connectivity index (χ4n) is 4.73. The largest absolute Gasteiger partial charge is 0.325 e. The molecule has 146 valence electrons. The van der Waals surface area contributed by atoms with Crippen molar-refractivity contribution >= 4 is 35.1 Å². The standard InChI is InChI=1S/C20H26ClN3O3/c1-12-8-19(3,4)11-20(9-12)17(26)24(18(27)23-20)10-16(25)22-15-7-5-6-14(21)13(15)2/h5-7,12H,8-11H2,1-4H3,(H,22,25)(H,23,27). The van der Waals surface area contributed by atoms with E-state index in [1.54, 1.807) is 25.1 Å². The first kappa shape index (κ1) is 19.7. The summed E-state index contributed by atoms with van der Waals surface area (Å²) in [5.74, 6) is -0.407. The van der Waals surface area contributed by atoms with E-state index in [9.17, 15) is 14.4 Å². The van der Waals surface area contributed by atoms with Crippen molar-refractivity contribution in [2.75, 3.05) is 11.9 Å². The molecule has 2 N–H and O–H groups in total. The van der Waals surface area contributed by atoms with Crippen LogP contribution in [0.15, 0.2) is 18.2 Å². The fourth-order valence-corrected chi connectivity index (χ4v) is 4.90. The maximum Gasteiger partial charge on any atom is 0.325 e. The first-order chi connectivity index (χ1) is 12.5. The van der Waals surface area contributed by atoms with Gasteiger partial charge in [0.15, 0.2) is 0 Å². The number of imide groups is 1. The highest BCUT2D eigenvalue weighted by molar-refractivity contribution is 6.31. The second-order valence-corrected chi connectivity index (χ2v) is 9.13. The smallest absolute Gasteiger partial charge is 0.324 e. The highest BCUT2D eigenvalue weighted by atomic mass is 35.5. The maximum atomic E-state index is 13.1. The number of rotatable bonds is 3. The van der Waals surface area contributed by atoms with Crippen LogP contribution in [0.25, 0.3) is 0 Å². The molecule has 0 radical (unpaired) electrons. The third kappa shape index (κ3) is 3.81. The van der Waals surface area contributed by atoms with E-state index >= 15 is 0 Å². The van der Waals surface area contributed by atoms with Crippen LogP contribution in [0.4, 0.5) is 10.5 Å². The van der Waals surface area contributed by atoms with Crippen molar-refractivity contribution in [1.29, 1.82) is 0 Å². The topological polar surface area (TPSA) is 78.5 Å². The second kappa shape index (κ2) is 6.82. The van der Waals surface area contributed by atoms with Crippen molar-refractivity contribution in [3.63, 3.8) is 0 Å². The lowest BCUT2D eigenvalue weighted by molar-refractivity contribution is -0.136. The van der Waals surface area contributed by atoms with Gasteiger partial charge in [0.25, 0.3) is 5.91 Å². The second-order valence-electron chi connectivity index (χ2n) is 8.72. The molecule has 1 aliphatic carbocycles. The molecule has 0 bridgehead atoms. The van der Waals surface area contributed by atoms with E-state index in [1.165, 1.54) is 0 Å². The zero-order valence-corrected chi connectivity index (χ0v) is 16.9. The molecule has 0 aromatic heterocycles. The molecule has 3 rings (SSSR count). The van der Waals surface area contributed by atoms with Gasteiger partial charge in [0.1, 0.15) is 12.1 Å². The zero-order valence-electron chi connectivity index (χ0n) is 16.2. The monoisotopic (exact) mass is 391 g/mol. The molecule has 2 fully saturated rings. The van der Waals surface area contributed by atoms with Crippen LogP contribution in [-0.4, -0.2) is 34.8 Å². The van der Waals surface area contributed by atoms with Crippen LogP contribution in [0.5, 0.6) is 0 Å². The number of urea groups is 1. The Labute approximate surface area is 164 Å². The minimum atomic E-state index is -0.898. The summed E-state index contributed by atoms with van der Waals surface area (Å²) in [7, 11) is 0. The third-order valence-electron chi connectivity index (χ3n) is 5.47. The van der Waals surface area contributed by atoms with Crippen molar-refractivity contribution in [3.8, 4) is 0 Å². The summed E-state index contributed by atoms with van der Waals surface area (Å²) in [4.78, 5) is 39.0. The van der Waals surface area contributed by atoms with Crippen molar-refractivity contribution in [2.24, 2.45) is 11.3 Å². The van der Waals surface area contributed by atoms with Gasteiger partial charge >= 0.3 is 6.03 Å². The predicted molar refractivity (Wildman–Crippen MR) is 105 cm³/mol. The van der Waals surface area contributed by atoms with Crippen LogP contribution < -0.4 is 10.6 Å². The lowest BCUT2D eigenvalue weighted by Gasteiger charge is -2.43. The summed E-state index contributed by atoms with van der Waals surface area (Å²) in [6.45, 7) is 7.81. The van der Waals surface area contributed by atoms with Gasteiger partial charge in [0.2, 0.25) is 5.91 Å². The number of halogens is 1. The number of anilines is 1. The number of nitrogens with zero attached hydrogens (tertiary/aromatic N) is 1. The molecule has 1 heterocycles. The van der Waals surface area contributed by atoms with Gasteiger partial charge in [0.05, 0.1) is 0 Å². The predicted octanol–water partition coefficient (Wildman–Crippen LogP) is 3.72. The Morgan fingerprint density at radius 2 is 2.04 bits per heavy atom. The summed E-state index contributed by atoms with van der Waals surface area (Å²) in [5, 5.41) is 6.16. The number of benzene rings is 1. The highest BCUT2D eigenvalue weighted by Crippen LogP contribution is 2.46.